The summed E-state index contributed by atoms with van der Waals surface area (Å²) >= 11 is 6.24. The van der Waals surface area contributed by atoms with E-state index in [1.54, 1.807) is 37.3 Å². The first-order valence-electron chi connectivity index (χ1n) is 11.5. The summed E-state index contributed by atoms with van der Waals surface area (Å²) in [7, 11) is 0. The molecule has 3 aromatic carbocycles. The second-order valence-electron chi connectivity index (χ2n) is 8.38. The van der Waals surface area contributed by atoms with E-state index in [0.717, 1.165) is 16.0 Å². The number of hydrogen-bond acceptors (Lipinski definition) is 6. The van der Waals surface area contributed by atoms with Crippen molar-refractivity contribution in [2.24, 2.45) is 0 Å². The lowest BCUT2D eigenvalue weighted by Crippen LogP contribution is -2.32. The molecule has 1 aliphatic rings. The van der Waals surface area contributed by atoms with Gasteiger partial charge in [0.25, 0.3) is 17.7 Å². The number of hydrogen-bond donors (Lipinski definition) is 2. The molecule has 8 nitrogen and oxygen atoms in total. The Balaban J connectivity index is 1.54. The van der Waals surface area contributed by atoms with Crippen molar-refractivity contribution in [3.05, 3.63) is 99.7 Å². The number of aryl methyl sites for hydroxylation is 2. The molecule has 0 spiro atoms. The topological polar surface area (TPSA) is 105 Å². The van der Waals surface area contributed by atoms with Gasteiger partial charge in [-0.2, -0.15) is 0 Å². The van der Waals surface area contributed by atoms with Gasteiger partial charge in [-0.05, 0) is 68.8 Å². The zero-order valence-corrected chi connectivity index (χ0v) is 21.2. The quantitative estimate of drug-likeness (QED) is 0.331. The molecular weight excluding hydrogens is 494 g/mol. The number of nitrogens with zero attached hydrogens (tertiary/aromatic N) is 1. The van der Waals surface area contributed by atoms with Crippen molar-refractivity contribution in [2.75, 3.05) is 22.1 Å². The predicted octanol–water partition coefficient (Wildman–Crippen LogP) is 5.17. The molecule has 188 valence electrons. The lowest BCUT2D eigenvalue weighted by Gasteiger charge is -2.16. The number of nitrogens with one attached hydrogen (secondary N) is 2. The first-order chi connectivity index (χ1) is 17.7. The summed E-state index contributed by atoms with van der Waals surface area (Å²) in [4.78, 5) is 51.8. The number of ether oxygens (including phenoxy) is 1. The Hall–Kier alpha value is -4.43. The number of carbonyl (C=O) groups excluding carboxylic acids is 4. The lowest BCUT2D eigenvalue weighted by atomic mass is 10.1. The van der Waals surface area contributed by atoms with Crippen molar-refractivity contribution < 1.29 is 23.9 Å². The fourth-order valence-corrected chi connectivity index (χ4v) is 4.08. The molecule has 3 amide bonds. The zero-order valence-electron chi connectivity index (χ0n) is 20.4. The zero-order chi connectivity index (χ0) is 26.7. The first kappa shape index (κ1) is 25.7. The highest BCUT2D eigenvalue weighted by Crippen LogP contribution is 2.31. The van der Waals surface area contributed by atoms with E-state index in [9.17, 15) is 19.2 Å². The van der Waals surface area contributed by atoms with E-state index in [4.69, 9.17) is 16.3 Å². The van der Waals surface area contributed by atoms with Gasteiger partial charge < -0.3 is 15.4 Å². The van der Waals surface area contributed by atoms with Gasteiger partial charge in [0.15, 0.2) is 0 Å². The summed E-state index contributed by atoms with van der Waals surface area (Å²) in [6, 6.07) is 18.2. The minimum absolute atomic E-state index is 0.139. The highest BCUT2D eigenvalue weighted by molar-refractivity contribution is 6.53. The van der Waals surface area contributed by atoms with Crippen LogP contribution >= 0.6 is 11.6 Å². The monoisotopic (exact) mass is 517 g/mol. The number of benzene rings is 3. The first-order valence-corrected chi connectivity index (χ1v) is 11.9. The molecule has 0 aromatic heterocycles. The fourth-order valence-electron chi connectivity index (χ4n) is 3.86. The van der Waals surface area contributed by atoms with E-state index in [2.05, 4.69) is 10.6 Å². The molecule has 4 rings (SSSR count). The lowest BCUT2D eigenvalue weighted by molar-refractivity contribution is -0.120. The Morgan fingerprint density at radius 3 is 2.38 bits per heavy atom. The van der Waals surface area contributed by atoms with Crippen molar-refractivity contribution in [1.29, 1.82) is 0 Å². The maximum absolute atomic E-state index is 13.2. The van der Waals surface area contributed by atoms with Crippen LogP contribution in [0.3, 0.4) is 0 Å². The summed E-state index contributed by atoms with van der Waals surface area (Å²) < 4.78 is 4.99. The largest absolute Gasteiger partial charge is 0.462 e. The molecule has 1 heterocycles. The van der Waals surface area contributed by atoms with Gasteiger partial charge in [-0.1, -0.05) is 41.4 Å². The number of rotatable bonds is 7. The van der Waals surface area contributed by atoms with Crippen LogP contribution in [0.4, 0.5) is 17.1 Å². The summed E-state index contributed by atoms with van der Waals surface area (Å²) in [5, 5.41) is 5.44. The Morgan fingerprint density at radius 1 is 0.919 bits per heavy atom. The van der Waals surface area contributed by atoms with Crippen LogP contribution < -0.4 is 15.5 Å². The van der Waals surface area contributed by atoms with Gasteiger partial charge in [0.2, 0.25) is 0 Å². The van der Waals surface area contributed by atoms with E-state index in [0.29, 0.717) is 16.9 Å². The summed E-state index contributed by atoms with van der Waals surface area (Å²) in [6.07, 6.45) is 0. The predicted molar refractivity (Wildman–Crippen MR) is 142 cm³/mol. The molecule has 0 atom stereocenters. The van der Waals surface area contributed by atoms with E-state index >= 15 is 0 Å². The van der Waals surface area contributed by atoms with Gasteiger partial charge in [-0.25, -0.2) is 9.69 Å². The third kappa shape index (κ3) is 5.39. The van der Waals surface area contributed by atoms with Crippen molar-refractivity contribution in [2.45, 2.75) is 20.8 Å². The number of anilines is 3. The SMILES string of the molecule is CCOC(=O)c1cccc(N2C(=O)C(Cl)=C(Nc3cccc(C(=O)Nc4ccc(C)cc4C)c3)C2=O)c1. The average molecular weight is 518 g/mol. The molecule has 0 saturated heterocycles. The minimum atomic E-state index is -0.737. The third-order valence-electron chi connectivity index (χ3n) is 5.67. The van der Waals surface area contributed by atoms with Crippen LogP contribution in [0, 0.1) is 13.8 Å². The second-order valence-corrected chi connectivity index (χ2v) is 8.76. The molecule has 0 aliphatic carbocycles. The molecule has 0 saturated carbocycles. The van der Waals surface area contributed by atoms with E-state index in [1.165, 1.54) is 18.2 Å². The normalized spacial score (nSPS) is 13.1. The fraction of sp³-hybridized carbons (Fsp3) is 0.143. The van der Waals surface area contributed by atoms with Crippen LogP contribution in [0.1, 0.15) is 38.8 Å². The van der Waals surface area contributed by atoms with Crippen LogP contribution in [-0.4, -0.2) is 30.3 Å². The van der Waals surface area contributed by atoms with Crippen molar-refractivity contribution in [3.63, 3.8) is 0 Å². The van der Waals surface area contributed by atoms with Gasteiger partial charge in [-0.15, -0.1) is 0 Å². The molecule has 1 aliphatic heterocycles. The van der Waals surface area contributed by atoms with Crippen LogP contribution in [-0.2, 0) is 14.3 Å². The number of amides is 3. The molecular formula is C28H24ClN3O5. The third-order valence-corrected chi connectivity index (χ3v) is 6.02. The van der Waals surface area contributed by atoms with Gasteiger partial charge in [0, 0.05) is 16.9 Å². The van der Waals surface area contributed by atoms with Crippen LogP contribution in [0.15, 0.2) is 77.5 Å². The summed E-state index contributed by atoms with van der Waals surface area (Å²) in [6.45, 7) is 5.75. The van der Waals surface area contributed by atoms with Crippen molar-refractivity contribution >= 4 is 52.4 Å². The highest BCUT2D eigenvalue weighted by atomic mass is 35.5. The number of halogens is 1. The molecule has 37 heavy (non-hydrogen) atoms. The van der Waals surface area contributed by atoms with Crippen molar-refractivity contribution in [3.8, 4) is 0 Å². The Labute approximate surface area is 218 Å². The smallest absolute Gasteiger partial charge is 0.338 e. The Morgan fingerprint density at radius 2 is 1.65 bits per heavy atom. The molecule has 0 radical (unpaired) electrons. The van der Waals surface area contributed by atoms with E-state index < -0.39 is 17.8 Å². The van der Waals surface area contributed by atoms with Crippen LogP contribution in [0.25, 0.3) is 0 Å². The number of carbonyl (C=O) groups is 4. The van der Waals surface area contributed by atoms with Gasteiger partial charge in [-0.3, -0.25) is 14.4 Å². The number of imide groups is 1. The molecule has 0 fully saturated rings. The second kappa shape index (κ2) is 10.7. The Bertz CT molecular complexity index is 1460. The summed E-state index contributed by atoms with van der Waals surface area (Å²) in [5.74, 6) is -2.33. The van der Waals surface area contributed by atoms with E-state index in [1.807, 2.05) is 32.0 Å². The van der Waals surface area contributed by atoms with Gasteiger partial charge >= 0.3 is 5.97 Å². The molecule has 0 unspecified atom stereocenters. The van der Waals surface area contributed by atoms with Crippen LogP contribution in [0.2, 0.25) is 0 Å². The number of esters is 1. The van der Waals surface area contributed by atoms with E-state index in [-0.39, 0.29) is 34.5 Å². The van der Waals surface area contributed by atoms with Crippen LogP contribution in [0.5, 0.6) is 0 Å². The minimum Gasteiger partial charge on any atom is -0.462 e. The molecule has 3 aromatic rings. The standard InChI is InChI=1S/C28H24ClN3O5/c1-4-37-28(36)19-8-6-10-21(15-19)32-26(34)23(29)24(27(32)35)30-20-9-5-7-18(14-20)25(33)31-22-12-11-16(2)13-17(22)3/h5-15,30H,4H2,1-3H3,(H,31,33). The summed E-state index contributed by atoms with van der Waals surface area (Å²) in [5.41, 5.74) is 3.68. The average Bonchev–Trinajstić information content (AvgIpc) is 3.09. The maximum atomic E-state index is 13.2. The van der Waals surface area contributed by atoms with Gasteiger partial charge in [0.1, 0.15) is 10.7 Å². The highest BCUT2D eigenvalue weighted by Gasteiger charge is 2.39. The molecule has 2 N–H and O–H groups in total. The van der Waals surface area contributed by atoms with Gasteiger partial charge in [0.05, 0.1) is 17.9 Å². The maximum Gasteiger partial charge on any atom is 0.338 e. The molecule has 9 heteroatoms. The van der Waals surface area contributed by atoms with Crippen molar-refractivity contribution in [1.82, 2.24) is 0 Å². The molecule has 0 bridgehead atoms. The Kier molecular flexibility index (Phi) is 7.40.